The lowest BCUT2D eigenvalue weighted by atomic mass is 10.0. The van der Waals surface area contributed by atoms with Gasteiger partial charge in [0.05, 0.1) is 17.9 Å². The molecular weight excluding hydrogens is 401 g/mol. The number of nitrogens with two attached hydrogens (primary N) is 1. The zero-order valence-corrected chi connectivity index (χ0v) is 16.6. The molecule has 0 atom stereocenters. The number of aromatic nitrogens is 2. The summed E-state index contributed by atoms with van der Waals surface area (Å²) in [5, 5.41) is 7.59. The molecule has 6 heteroatoms. The molecule has 0 bridgehead atoms. The number of aliphatic imine (C=N–C) groups is 1. The number of nitrogens with one attached hydrogen (secondary N) is 1. The van der Waals surface area contributed by atoms with Crippen LogP contribution in [0, 0.1) is 6.92 Å². The highest BCUT2D eigenvalue weighted by Crippen LogP contribution is 2.22. The zero-order chi connectivity index (χ0) is 16.1. The Kier molecular flexibility index (Phi) is 7.54. The van der Waals surface area contributed by atoms with Crippen molar-refractivity contribution in [3.8, 4) is 0 Å². The van der Waals surface area contributed by atoms with E-state index in [0.717, 1.165) is 29.9 Å². The van der Waals surface area contributed by atoms with Crippen molar-refractivity contribution in [3.05, 3.63) is 46.8 Å². The van der Waals surface area contributed by atoms with E-state index >= 15 is 0 Å². The van der Waals surface area contributed by atoms with Crippen LogP contribution in [-0.4, -0.2) is 15.7 Å². The molecule has 0 fully saturated rings. The van der Waals surface area contributed by atoms with E-state index in [2.05, 4.69) is 47.5 Å². The quantitative estimate of drug-likeness (QED) is 0.437. The SMILES string of the molecule is CCc1cccc(CC)c1NC(N)=NCc1cc(C)nn1C.I. The van der Waals surface area contributed by atoms with Gasteiger partial charge in [0.15, 0.2) is 5.96 Å². The van der Waals surface area contributed by atoms with Gasteiger partial charge in [-0.25, -0.2) is 4.99 Å². The van der Waals surface area contributed by atoms with Gasteiger partial charge >= 0.3 is 0 Å². The normalized spacial score (nSPS) is 11.2. The third-order valence-electron chi connectivity index (χ3n) is 3.76. The molecule has 0 saturated carbocycles. The van der Waals surface area contributed by atoms with Crippen LogP contribution in [0.3, 0.4) is 0 Å². The molecule has 2 aromatic rings. The predicted molar refractivity (Wildman–Crippen MR) is 108 cm³/mol. The predicted octanol–water partition coefficient (Wildman–Crippen LogP) is 3.40. The lowest BCUT2D eigenvalue weighted by Gasteiger charge is -2.14. The fourth-order valence-corrected chi connectivity index (χ4v) is 2.55. The Morgan fingerprint density at radius 1 is 1.26 bits per heavy atom. The summed E-state index contributed by atoms with van der Waals surface area (Å²) >= 11 is 0. The minimum absolute atomic E-state index is 0. The second-order valence-electron chi connectivity index (χ2n) is 5.39. The van der Waals surface area contributed by atoms with Crippen LogP contribution in [0.25, 0.3) is 0 Å². The molecule has 0 aliphatic heterocycles. The number of anilines is 1. The van der Waals surface area contributed by atoms with Crippen LogP contribution in [0.4, 0.5) is 5.69 Å². The molecule has 0 aliphatic rings. The average Bonchev–Trinajstić information content (AvgIpc) is 2.83. The highest BCUT2D eigenvalue weighted by molar-refractivity contribution is 14.0. The third-order valence-corrected chi connectivity index (χ3v) is 3.76. The summed E-state index contributed by atoms with van der Waals surface area (Å²) in [6.45, 7) is 6.78. The van der Waals surface area contributed by atoms with E-state index < -0.39 is 0 Å². The molecule has 0 aliphatic carbocycles. The Bertz CT molecular complexity index is 653. The maximum Gasteiger partial charge on any atom is 0.193 e. The van der Waals surface area contributed by atoms with Gasteiger partial charge in [-0.2, -0.15) is 5.10 Å². The Hall–Kier alpha value is -1.57. The summed E-state index contributed by atoms with van der Waals surface area (Å²) in [5.74, 6) is 0.439. The number of nitrogens with zero attached hydrogens (tertiary/aromatic N) is 3. The van der Waals surface area contributed by atoms with Gasteiger partial charge < -0.3 is 11.1 Å². The first-order valence-electron chi connectivity index (χ1n) is 7.72. The van der Waals surface area contributed by atoms with E-state index in [0.29, 0.717) is 12.5 Å². The molecule has 1 heterocycles. The Morgan fingerprint density at radius 2 is 1.87 bits per heavy atom. The zero-order valence-electron chi connectivity index (χ0n) is 14.3. The average molecular weight is 427 g/mol. The third kappa shape index (κ3) is 4.95. The van der Waals surface area contributed by atoms with Crippen molar-refractivity contribution in [2.24, 2.45) is 17.8 Å². The largest absolute Gasteiger partial charge is 0.370 e. The number of guanidine groups is 1. The van der Waals surface area contributed by atoms with Crippen molar-refractivity contribution in [1.29, 1.82) is 0 Å². The summed E-state index contributed by atoms with van der Waals surface area (Å²) in [5.41, 5.74) is 11.7. The second kappa shape index (κ2) is 8.90. The molecule has 2 rings (SSSR count). The Labute approximate surface area is 155 Å². The first-order valence-corrected chi connectivity index (χ1v) is 7.72. The molecule has 23 heavy (non-hydrogen) atoms. The maximum atomic E-state index is 6.07. The first kappa shape index (κ1) is 19.5. The van der Waals surface area contributed by atoms with Crippen molar-refractivity contribution in [2.45, 2.75) is 40.2 Å². The number of rotatable bonds is 5. The Balaban J connectivity index is 0.00000264. The number of para-hydroxylation sites is 1. The lowest BCUT2D eigenvalue weighted by molar-refractivity contribution is 0.706. The van der Waals surface area contributed by atoms with E-state index in [-0.39, 0.29) is 24.0 Å². The van der Waals surface area contributed by atoms with E-state index in [9.17, 15) is 0 Å². The highest BCUT2D eigenvalue weighted by atomic mass is 127. The van der Waals surface area contributed by atoms with Crippen LogP contribution in [-0.2, 0) is 26.4 Å². The number of hydrogen-bond donors (Lipinski definition) is 2. The molecule has 3 N–H and O–H groups in total. The molecule has 1 aromatic heterocycles. The molecule has 0 unspecified atom stereocenters. The summed E-state index contributed by atoms with van der Waals surface area (Å²) < 4.78 is 1.84. The molecule has 0 spiro atoms. The van der Waals surface area contributed by atoms with Crippen LogP contribution in [0.1, 0.15) is 36.4 Å². The first-order chi connectivity index (χ1) is 10.5. The molecular formula is C17H26IN5. The van der Waals surface area contributed by atoms with Crippen molar-refractivity contribution in [2.75, 3.05) is 5.32 Å². The smallest absolute Gasteiger partial charge is 0.193 e. The van der Waals surface area contributed by atoms with Gasteiger partial charge in [-0.1, -0.05) is 32.0 Å². The summed E-state index contributed by atoms with van der Waals surface area (Å²) in [4.78, 5) is 4.44. The molecule has 0 radical (unpaired) electrons. The molecule has 0 amide bonds. The Morgan fingerprint density at radius 3 is 2.35 bits per heavy atom. The maximum absolute atomic E-state index is 6.07. The number of aryl methyl sites for hydroxylation is 4. The van der Waals surface area contributed by atoms with Crippen LogP contribution < -0.4 is 11.1 Å². The van der Waals surface area contributed by atoms with Crippen LogP contribution in [0.5, 0.6) is 0 Å². The topological polar surface area (TPSA) is 68.2 Å². The van der Waals surface area contributed by atoms with Gasteiger partial charge in [0, 0.05) is 12.7 Å². The van der Waals surface area contributed by atoms with E-state index in [1.54, 1.807) is 0 Å². The van der Waals surface area contributed by atoms with Gasteiger partial charge in [-0.3, -0.25) is 4.68 Å². The number of benzene rings is 1. The summed E-state index contributed by atoms with van der Waals surface area (Å²) in [7, 11) is 1.92. The van der Waals surface area contributed by atoms with Gasteiger partial charge in [-0.15, -0.1) is 24.0 Å². The van der Waals surface area contributed by atoms with Gasteiger partial charge in [0.25, 0.3) is 0 Å². The van der Waals surface area contributed by atoms with Crippen molar-refractivity contribution < 1.29 is 0 Å². The van der Waals surface area contributed by atoms with Crippen molar-refractivity contribution in [1.82, 2.24) is 9.78 Å². The fraction of sp³-hybridized carbons (Fsp3) is 0.412. The summed E-state index contributed by atoms with van der Waals surface area (Å²) in [6.07, 6.45) is 1.93. The van der Waals surface area contributed by atoms with Gasteiger partial charge in [-0.05, 0) is 37.0 Å². The van der Waals surface area contributed by atoms with Gasteiger partial charge in [0.2, 0.25) is 0 Å². The van der Waals surface area contributed by atoms with Crippen LogP contribution in [0.2, 0.25) is 0 Å². The monoisotopic (exact) mass is 427 g/mol. The number of hydrogen-bond acceptors (Lipinski definition) is 2. The molecule has 5 nitrogen and oxygen atoms in total. The molecule has 0 saturated heterocycles. The van der Waals surface area contributed by atoms with Crippen LogP contribution >= 0.6 is 24.0 Å². The lowest BCUT2D eigenvalue weighted by Crippen LogP contribution is -2.24. The van der Waals surface area contributed by atoms with E-state index in [1.165, 1.54) is 11.1 Å². The second-order valence-corrected chi connectivity index (χ2v) is 5.39. The minimum Gasteiger partial charge on any atom is -0.370 e. The standard InChI is InChI=1S/C17H25N5.HI/c1-5-13-8-7-9-14(6-2)16(13)20-17(18)19-11-15-10-12(3)21-22(15)4;/h7-10H,5-6,11H2,1-4H3,(H3,18,19,20);1H. The van der Waals surface area contributed by atoms with E-state index in [4.69, 9.17) is 5.73 Å². The van der Waals surface area contributed by atoms with Crippen molar-refractivity contribution >= 4 is 35.6 Å². The van der Waals surface area contributed by atoms with Crippen LogP contribution in [0.15, 0.2) is 29.3 Å². The molecule has 1 aromatic carbocycles. The summed E-state index contributed by atoms with van der Waals surface area (Å²) in [6, 6.07) is 8.36. The van der Waals surface area contributed by atoms with Gasteiger partial charge in [0.1, 0.15) is 0 Å². The van der Waals surface area contributed by atoms with Crippen molar-refractivity contribution in [3.63, 3.8) is 0 Å². The number of halogens is 1. The minimum atomic E-state index is 0. The van der Waals surface area contributed by atoms with E-state index in [1.807, 2.05) is 24.7 Å². The fourth-order valence-electron chi connectivity index (χ4n) is 2.55. The molecule has 126 valence electrons. The highest BCUT2D eigenvalue weighted by Gasteiger charge is 2.07.